The van der Waals surface area contributed by atoms with Gasteiger partial charge in [0, 0.05) is 10.9 Å². The fraction of sp³-hybridized carbons (Fsp3) is 0.125. The number of methoxy groups -OCH3 is 1. The Balaban J connectivity index is 1.38. The van der Waals surface area contributed by atoms with E-state index in [9.17, 15) is 0 Å². The van der Waals surface area contributed by atoms with Gasteiger partial charge in [-0.15, -0.1) is 32.9 Å². The maximum absolute atomic E-state index is 6.00. The molecule has 0 aliphatic heterocycles. The van der Waals surface area contributed by atoms with E-state index in [-0.39, 0.29) is 0 Å². The second-order valence-corrected chi connectivity index (χ2v) is 8.73. The Morgan fingerprint density at radius 3 is 2.53 bits per heavy atom. The number of hydrogen-bond donors (Lipinski definition) is 0. The van der Waals surface area contributed by atoms with Crippen molar-refractivity contribution in [3.63, 3.8) is 0 Å². The third kappa shape index (κ3) is 4.20. The van der Waals surface area contributed by atoms with Gasteiger partial charge in [-0.3, -0.25) is 4.57 Å². The molecule has 0 N–H and O–H groups in total. The Hall–Kier alpha value is -3.33. The smallest absolute Gasteiger partial charge is 0.178 e. The van der Waals surface area contributed by atoms with Gasteiger partial charge in [0.1, 0.15) is 17.4 Å². The van der Waals surface area contributed by atoms with Crippen molar-refractivity contribution >= 4 is 22.7 Å². The maximum Gasteiger partial charge on any atom is 0.178 e. The quantitative estimate of drug-likeness (QED) is 0.291. The summed E-state index contributed by atoms with van der Waals surface area (Å²) in [5.74, 6) is 2.22. The molecule has 160 valence electrons. The standard InChI is InChI=1S/C24H20N4O2S2/c1-29-20-11-6-5-10-19(20)28-22(26-27-23(28)21-12-7-13-31-21)15-30-14-18-16-32-24(25-18)17-8-3-2-4-9-17/h2-13,16H,14-15H2,1H3. The van der Waals surface area contributed by atoms with Gasteiger partial charge in [0.25, 0.3) is 0 Å². The van der Waals surface area contributed by atoms with Crippen molar-refractivity contribution < 1.29 is 9.47 Å². The molecule has 3 heterocycles. The van der Waals surface area contributed by atoms with Crippen LogP contribution < -0.4 is 4.74 Å². The normalized spacial score (nSPS) is 11.0. The molecule has 0 aliphatic rings. The van der Waals surface area contributed by atoms with E-state index in [0.717, 1.165) is 38.4 Å². The topological polar surface area (TPSA) is 62.1 Å². The molecule has 0 spiro atoms. The first-order chi connectivity index (χ1) is 15.8. The molecule has 0 unspecified atom stereocenters. The molecule has 0 saturated carbocycles. The molecule has 2 aromatic carbocycles. The summed E-state index contributed by atoms with van der Waals surface area (Å²) in [6, 6.07) is 22.0. The van der Waals surface area contributed by atoms with Gasteiger partial charge < -0.3 is 9.47 Å². The highest BCUT2D eigenvalue weighted by Crippen LogP contribution is 2.31. The van der Waals surface area contributed by atoms with E-state index in [1.165, 1.54) is 0 Å². The highest BCUT2D eigenvalue weighted by molar-refractivity contribution is 7.13. The van der Waals surface area contributed by atoms with Crippen LogP contribution in [0.15, 0.2) is 77.5 Å². The molecular formula is C24H20N4O2S2. The number of aromatic nitrogens is 4. The number of ether oxygens (including phenoxy) is 2. The molecule has 32 heavy (non-hydrogen) atoms. The van der Waals surface area contributed by atoms with Crippen LogP contribution in [0.5, 0.6) is 5.75 Å². The van der Waals surface area contributed by atoms with Crippen LogP contribution in [0.25, 0.3) is 27.0 Å². The van der Waals surface area contributed by atoms with Crippen molar-refractivity contribution in [3.8, 4) is 32.7 Å². The van der Waals surface area contributed by atoms with Crippen LogP contribution in [0.3, 0.4) is 0 Å². The fourth-order valence-electron chi connectivity index (χ4n) is 3.38. The summed E-state index contributed by atoms with van der Waals surface area (Å²) in [6.07, 6.45) is 0. The Kier molecular flexibility index (Phi) is 6.06. The van der Waals surface area contributed by atoms with E-state index in [0.29, 0.717) is 19.0 Å². The molecule has 0 bridgehead atoms. The summed E-state index contributed by atoms with van der Waals surface area (Å²) >= 11 is 3.24. The van der Waals surface area contributed by atoms with Crippen LogP contribution in [0.2, 0.25) is 0 Å². The van der Waals surface area contributed by atoms with E-state index in [4.69, 9.17) is 14.5 Å². The molecule has 5 aromatic rings. The Bertz CT molecular complexity index is 1300. The molecule has 6 nitrogen and oxygen atoms in total. The van der Waals surface area contributed by atoms with Crippen LogP contribution in [0, 0.1) is 0 Å². The molecule has 3 aromatic heterocycles. The third-order valence-electron chi connectivity index (χ3n) is 4.85. The summed E-state index contributed by atoms with van der Waals surface area (Å²) < 4.78 is 13.6. The summed E-state index contributed by atoms with van der Waals surface area (Å²) in [4.78, 5) is 5.73. The zero-order chi connectivity index (χ0) is 21.8. The number of hydrogen-bond acceptors (Lipinski definition) is 7. The third-order valence-corrected chi connectivity index (χ3v) is 6.66. The lowest BCUT2D eigenvalue weighted by molar-refractivity contribution is 0.0985. The molecular weight excluding hydrogens is 440 g/mol. The highest BCUT2D eigenvalue weighted by atomic mass is 32.1. The van der Waals surface area contributed by atoms with Crippen molar-refractivity contribution in [2.24, 2.45) is 0 Å². The first kappa shape index (κ1) is 20.6. The predicted octanol–water partition coefficient (Wildman–Crippen LogP) is 5.84. The highest BCUT2D eigenvalue weighted by Gasteiger charge is 2.19. The minimum Gasteiger partial charge on any atom is -0.495 e. The Morgan fingerprint density at radius 2 is 1.72 bits per heavy atom. The molecule has 8 heteroatoms. The first-order valence-electron chi connectivity index (χ1n) is 10.0. The lowest BCUT2D eigenvalue weighted by Crippen LogP contribution is -2.07. The second-order valence-electron chi connectivity index (χ2n) is 6.93. The molecule has 0 aliphatic carbocycles. The zero-order valence-electron chi connectivity index (χ0n) is 17.3. The van der Waals surface area contributed by atoms with E-state index in [2.05, 4.69) is 22.3 Å². The summed E-state index contributed by atoms with van der Waals surface area (Å²) in [6.45, 7) is 0.699. The Morgan fingerprint density at radius 1 is 0.875 bits per heavy atom. The molecule has 0 fully saturated rings. The number of benzene rings is 2. The van der Waals surface area contributed by atoms with Crippen LogP contribution in [-0.2, 0) is 18.0 Å². The SMILES string of the molecule is COc1ccccc1-n1c(COCc2csc(-c3ccccc3)n2)nnc1-c1cccs1. The number of thiazole rings is 1. The van der Waals surface area contributed by atoms with Gasteiger partial charge in [-0.05, 0) is 23.6 Å². The summed E-state index contributed by atoms with van der Waals surface area (Å²) in [7, 11) is 1.66. The van der Waals surface area contributed by atoms with Crippen molar-refractivity contribution in [1.82, 2.24) is 19.7 Å². The largest absolute Gasteiger partial charge is 0.495 e. The lowest BCUT2D eigenvalue weighted by atomic mass is 10.2. The molecule has 5 rings (SSSR count). The Labute approximate surface area is 193 Å². The van der Waals surface area contributed by atoms with E-state index in [1.807, 2.05) is 69.9 Å². The van der Waals surface area contributed by atoms with Gasteiger partial charge in [0.2, 0.25) is 0 Å². The van der Waals surface area contributed by atoms with Gasteiger partial charge >= 0.3 is 0 Å². The monoisotopic (exact) mass is 460 g/mol. The van der Waals surface area contributed by atoms with Gasteiger partial charge in [-0.2, -0.15) is 0 Å². The summed E-state index contributed by atoms with van der Waals surface area (Å²) in [5, 5.41) is 13.9. The molecule has 0 amide bonds. The van der Waals surface area contributed by atoms with Crippen LogP contribution >= 0.6 is 22.7 Å². The number of thiophene rings is 1. The van der Waals surface area contributed by atoms with Crippen molar-refractivity contribution in [1.29, 1.82) is 0 Å². The average Bonchev–Trinajstić information content (AvgIpc) is 3.60. The van der Waals surface area contributed by atoms with E-state index in [1.54, 1.807) is 29.8 Å². The fourth-order valence-corrected chi connectivity index (χ4v) is 4.89. The second kappa shape index (κ2) is 9.44. The number of nitrogens with zero attached hydrogens (tertiary/aromatic N) is 4. The minimum atomic E-state index is 0.300. The van der Waals surface area contributed by atoms with E-state index >= 15 is 0 Å². The zero-order valence-corrected chi connectivity index (χ0v) is 19.0. The van der Waals surface area contributed by atoms with Crippen LogP contribution in [0.4, 0.5) is 0 Å². The van der Waals surface area contributed by atoms with Gasteiger partial charge in [-0.25, -0.2) is 4.98 Å². The van der Waals surface area contributed by atoms with Crippen LogP contribution in [0.1, 0.15) is 11.5 Å². The van der Waals surface area contributed by atoms with E-state index < -0.39 is 0 Å². The van der Waals surface area contributed by atoms with Gasteiger partial charge in [0.15, 0.2) is 11.6 Å². The number of para-hydroxylation sites is 2. The number of rotatable bonds is 8. The van der Waals surface area contributed by atoms with Gasteiger partial charge in [0.05, 0.1) is 30.0 Å². The molecule has 0 saturated heterocycles. The average molecular weight is 461 g/mol. The first-order valence-corrected chi connectivity index (χ1v) is 11.8. The van der Waals surface area contributed by atoms with Crippen molar-refractivity contribution in [3.05, 3.63) is 89.0 Å². The van der Waals surface area contributed by atoms with Crippen molar-refractivity contribution in [2.45, 2.75) is 13.2 Å². The predicted molar refractivity (Wildman–Crippen MR) is 127 cm³/mol. The molecule has 0 radical (unpaired) electrons. The van der Waals surface area contributed by atoms with Gasteiger partial charge in [-0.1, -0.05) is 48.5 Å². The van der Waals surface area contributed by atoms with Crippen molar-refractivity contribution in [2.75, 3.05) is 7.11 Å². The summed E-state index contributed by atoms with van der Waals surface area (Å²) in [5.41, 5.74) is 2.89. The lowest BCUT2D eigenvalue weighted by Gasteiger charge is -2.13. The minimum absolute atomic E-state index is 0.300. The molecule has 0 atom stereocenters. The maximum atomic E-state index is 6.00. The van der Waals surface area contributed by atoms with Crippen LogP contribution in [-0.4, -0.2) is 26.9 Å².